The van der Waals surface area contributed by atoms with E-state index in [1.165, 1.54) is 10.4 Å². The molecule has 1 aliphatic carbocycles. The van der Waals surface area contributed by atoms with E-state index < -0.39 is 0 Å². The van der Waals surface area contributed by atoms with Gasteiger partial charge in [0, 0.05) is 16.0 Å². The van der Waals surface area contributed by atoms with Crippen LogP contribution >= 0.6 is 11.3 Å². The number of hydrogen-bond acceptors (Lipinski definition) is 4. The molecule has 0 bridgehead atoms. The van der Waals surface area contributed by atoms with Crippen LogP contribution in [0.15, 0.2) is 53.3 Å². The molecule has 4 nitrogen and oxygen atoms in total. The molecule has 0 N–H and O–H groups in total. The molecule has 0 spiro atoms. The van der Waals surface area contributed by atoms with Crippen molar-refractivity contribution < 1.29 is 4.79 Å². The SMILES string of the molecule is Cc1cccc(-c2nc3sc4c(c3c(=O)n2CC(=O)c2ccc(C(C)C)cc2)CCCC4)c1. The van der Waals surface area contributed by atoms with Crippen molar-refractivity contribution in [1.82, 2.24) is 9.55 Å². The fourth-order valence-electron chi connectivity index (χ4n) is 4.68. The van der Waals surface area contributed by atoms with Crippen molar-refractivity contribution >= 4 is 27.3 Å². The lowest BCUT2D eigenvalue weighted by Crippen LogP contribution is -2.27. The zero-order valence-electron chi connectivity index (χ0n) is 19.4. The fourth-order valence-corrected chi connectivity index (χ4v) is 5.93. The largest absolute Gasteiger partial charge is 0.292 e. The van der Waals surface area contributed by atoms with Crippen LogP contribution in [0, 0.1) is 6.92 Å². The Bertz CT molecular complexity index is 1410. The number of carbonyl (C=O) groups is 1. The number of nitrogens with zero attached hydrogens (tertiary/aromatic N) is 2. The van der Waals surface area contributed by atoms with Crippen molar-refractivity contribution in [3.8, 4) is 11.4 Å². The van der Waals surface area contributed by atoms with Crippen LogP contribution in [0.5, 0.6) is 0 Å². The highest BCUT2D eigenvalue weighted by molar-refractivity contribution is 7.18. The first-order valence-corrected chi connectivity index (χ1v) is 12.5. The Kier molecular flexibility index (Phi) is 5.75. The number of carbonyl (C=O) groups excluding carboxylic acids is 1. The number of aryl methyl sites for hydroxylation is 3. The van der Waals surface area contributed by atoms with E-state index in [1.54, 1.807) is 15.9 Å². The minimum absolute atomic E-state index is 0.0172. The second-order valence-electron chi connectivity index (χ2n) is 9.29. The molecule has 0 aliphatic heterocycles. The number of aromatic nitrogens is 2. The molecule has 1 aliphatic rings. The van der Waals surface area contributed by atoms with Crippen molar-refractivity contribution in [2.24, 2.45) is 0 Å². The first kappa shape index (κ1) is 21.8. The third kappa shape index (κ3) is 4.06. The summed E-state index contributed by atoms with van der Waals surface area (Å²) >= 11 is 1.65. The maximum absolute atomic E-state index is 13.8. The highest BCUT2D eigenvalue weighted by Crippen LogP contribution is 2.35. The maximum Gasteiger partial charge on any atom is 0.263 e. The van der Waals surface area contributed by atoms with Gasteiger partial charge in [-0.3, -0.25) is 14.2 Å². The number of thiophene rings is 1. The molecule has 33 heavy (non-hydrogen) atoms. The molecule has 2 aromatic carbocycles. The van der Waals surface area contributed by atoms with E-state index in [9.17, 15) is 9.59 Å². The summed E-state index contributed by atoms with van der Waals surface area (Å²) in [6.45, 7) is 6.27. The first-order valence-electron chi connectivity index (χ1n) is 11.7. The molecular weight excluding hydrogens is 428 g/mol. The highest BCUT2D eigenvalue weighted by Gasteiger charge is 2.23. The lowest BCUT2D eigenvalue weighted by atomic mass is 9.97. The lowest BCUT2D eigenvalue weighted by molar-refractivity contribution is 0.0971. The molecule has 0 saturated carbocycles. The summed E-state index contributed by atoms with van der Waals surface area (Å²) in [4.78, 5) is 34.2. The van der Waals surface area contributed by atoms with Gasteiger partial charge in [0.2, 0.25) is 0 Å². The molecule has 0 atom stereocenters. The van der Waals surface area contributed by atoms with Crippen LogP contribution in [0.25, 0.3) is 21.6 Å². The van der Waals surface area contributed by atoms with E-state index in [0.29, 0.717) is 22.7 Å². The topological polar surface area (TPSA) is 52.0 Å². The van der Waals surface area contributed by atoms with Crippen LogP contribution in [0.2, 0.25) is 0 Å². The molecule has 5 rings (SSSR count). The van der Waals surface area contributed by atoms with Crippen molar-refractivity contribution in [1.29, 1.82) is 0 Å². The third-order valence-electron chi connectivity index (χ3n) is 6.55. The van der Waals surface area contributed by atoms with Crippen LogP contribution in [-0.2, 0) is 19.4 Å². The Balaban J connectivity index is 1.65. The minimum Gasteiger partial charge on any atom is -0.292 e. The van der Waals surface area contributed by atoms with E-state index in [2.05, 4.69) is 13.8 Å². The molecule has 168 valence electrons. The molecule has 0 amide bonds. The Morgan fingerprint density at radius 3 is 2.58 bits per heavy atom. The Morgan fingerprint density at radius 2 is 1.85 bits per heavy atom. The van der Waals surface area contributed by atoms with Gasteiger partial charge >= 0.3 is 0 Å². The quantitative estimate of drug-likeness (QED) is 0.330. The monoisotopic (exact) mass is 456 g/mol. The van der Waals surface area contributed by atoms with Gasteiger partial charge in [-0.1, -0.05) is 61.9 Å². The summed E-state index contributed by atoms with van der Waals surface area (Å²) in [5, 5.41) is 0.717. The second kappa shape index (κ2) is 8.71. The number of ketones is 1. The summed E-state index contributed by atoms with van der Waals surface area (Å²) in [5.74, 6) is 0.898. The van der Waals surface area contributed by atoms with Gasteiger partial charge in [-0.25, -0.2) is 4.98 Å². The second-order valence-corrected chi connectivity index (χ2v) is 10.4. The van der Waals surface area contributed by atoms with Gasteiger partial charge in [0.15, 0.2) is 5.78 Å². The van der Waals surface area contributed by atoms with Crippen LogP contribution in [-0.4, -0.2) is 15.3 Å². The van der Waals surface area contributed by atoms with E-state index in [0.717, 1.165) is 47.2 Å². The van der Waals surface area contributed by atoms with Gasteiger partial charge in [-0.15, -0.1) is 11.3 Å². The molecule has 0 unspecified atom stereocenters. The number of fused-ring (bicyclic) bond motifs is 3. The lowest BCUT2D eigenvalue weighted by Gasteiger charge is -2.14. The van der Waals surface area contributed by atoms with Gasteiger partial charge in [0.25, 0.3) is 5.56 Å². The molecule has 4 aromatic rings. The van der Waals surface area contributed by atoms with Gasteiger partial charge < -0.3 is 0 Å². The number of Topliss-reactive ketones (excluding diaryl/α,β-unsaturated/α-hetero) is 1. The van der Waals surface area contributed by atoms with E-state index in [1.807, 2.05) is 55.5 Å². The predicted molar refractivity (Wildman–Crippen MR) is 136 cm³/mol. The molecule has 0 radical (unpaired) electrons. The third-order valence-corrected chi connectivity index (χ3v) is 7.74. The Labute approximate surface area is 197 Å². The Morgan fingerprint density at radius 1 is 1.09 bits per heavy atom. The van der Waals surface area contributed by atoms with Crippen LogP contribution in [0.1, 0.15) is 64.5 Å². The summed E-state index contributed by atoms with van der Waals surface area (Å²) < 4.78 is 1.59. The van der Waals surface area contributed by atoms with Crippen LogP contribution in [0.4, 0.5) is 0 Å². The van der Waals surface area contributed by atoms with Gasteiger partial charge in [0.1, 0.15) is 10.7 Å². The van der Waals surface area contributed by atoms with E-state index in [4.69, 9.17) is 4.98 Å². The molecular formula is C28H28N2O2S. The molecule has 0 fully saturated rings. The normalized spacial score (nSPS) is 13.5. The van der Waals surface area contributed by atoms with Gasteiger partial charge in [-0.05, 0) is 55.7 Å². The van der Waals surface area contributed by atoms with Crippen molar-refractivity contribution in [2.45, 2.75) is 58.9 Å². The first-order chi connectivity index (χ1) is 15.9. The van der Waals surface area contributed by atoms with Crippen molar-refractivity contribution in [3.63, 3.8) is 0 Å². The molecule has 0 saturated heterocycles. The maximum atomic E-state index is 13.8. The van der Waals surface area contributed by atoms with Crippen LogP contribution < -0.4 is 5.56 Å². The highest BCUT2D eigenvalue weighted by atomic mass is 32.1. The standard InChI is InChI=1S/C28H28N2O2S/c1-17(2)19-11-13-20(14-12-19)23(31)16-30-26(21-8-6-7-18(3)15-21)29-27-25(28(30)32)22-9-4-5-10-24(22)33-27/h6-8,11-15,17H,4-5,9-10,16H2,1-3H3. The minimum atomic E-state index is -0.0944. The zero-order valence-corrected chi connectivity index (χ0v) is 20.2. The smallest absolute Gasteiger partial charge is 0.263 e. The van der Waals surface area contributed by atoms with Gasteiger partial charge in [0.05, 0.1) is 11.9 Å². The molecule has 2 heterocycles. The van der Waals surface area contributed by atoms with Crippen LogP contribution in [0.3, 0.4) is 0 Å². The molecule has 5 heteroatoms. The van der Waals surface area contributed by atoms with Gasteiger partial charge in [-0.2, -0.15) is 0 Å². The number of rotatable bonds is 5. The van der Waals surface area contributed by atoms with E-state index in [-0.39, 0.29) is 17.9 Å². The average Bonchev–Trinajstić information content (AvgIpc) is 3.19. The average molecular weight is 457 g/mol. The van der Waals surface area contributed by atoms with E-state index >= 15 is 0 Å². The number of benzene rings is 2. The Hall–Kier alpha value is -3.05. The number of hydrogen-bond donors (Lipinski definition) is 0. The summed E-state index contributed by atoms with van der Waals surface area (Å²) in [6, 6.07) is 15.7. The van der Waals surface area contributed by atoms with Crippen molar-refractivity contribution in [2.75, 3.05) is 0 Å². The predicted octanol–water partition coefficient (Wildman–Crippen LogP) is 6.32. The summed E-state index contributed by atoms with van der Waals surface area (Å²) in [5.41, 5.74) is 4.82. The molecule has 2 aromatic heterocycles. The zero-order chi connectivity index (χ0) is 23.1. The summed E-state index contributed by atoms with van der Waals surface area (Å²) in [6.07, 6.45) is 4.18. The fraction of sp³-hybridized carbons (Fsp3) is 0.321. The summed E-state index contributed by atoms with van der Waals surface area (Å²) in [7, 11) is 0. The van der Waals surface area contributed by atoms with Crippen molar-refractivity contribution in [3.05, 3.63) is 86.0 Å².